The molecule has 1 aromatic rings. The number of carbonyl (C=O) groups is 1. The topological polar surface area (TPSA) is 53.4 Å². The van der Waals surface area contributed by atoms with E-state index >= 15 is 0 Å². The number of anilines is 1. The van der Waals surface area contributed by atoms with Crippen molar-refractivity contribution in [3.8, 4) is 0 Å². The van der Waals surface area contributed by atoms with Gasteiger partial charge in [-0.05, 0) is 38.7 Å². The molecule has 1 aromatic heterocycles. The van der Waals surface area contributed by atoms with Crippen LogP contribution in [0.3, 0.4) is 0 Å². The zero-order valence-electron chi connectivity index (χ0n) is 10.6. The van der Waals surface area contributed by atoms with Crippen LogP contribution in [0.4, 0.5) is 5.82 Å². The summed E-state index contributed by atoms with van der Waals surface area (Å²) in [5, 5.41) is 9.26. The largest absolute Gasteiger partial charge is 0.478 e. The quantitative estimate of drug-likeness (QED) is 0.892. The second-order valence-corrected chi connectivity index (χ2v) is 5.42. The van der Waals surface area contributed by atoms with Crippen molar-refractivity contribution in [3.05, 3.63) is 22.8 Å². The molecule has 0 aromatic carbocycles. The number of aromatic nitrogens is 1. The van der Waals surface area contributed by atoms with Crippen molar-refractivity contribution in [1.29, 1.82) is 0 Å². The third-order valence-electron chi connectivity index (χ3n) is 3.14. The fourth-order valence-corrected chi connectivity index (χ4v) is 2.08. The Hall–Kier alpha value is -1.29. The highest BCUT2D eigenvalue weighted by Gasteiger charge is 2.26. The number of rotatable bonds is 5. The molecular weight excluding hydrogens is 252 g/mol. The molecule has 0 spiro atoms. The molecule has 2 rings (SSSR count). The van der Waals surface area contributed by atoms with E-state index in [4.69, 9.17) is 16.7 Å². The summed E-state index contributed by atoms with van der Waals surface area (Å²) in [5.74, 6) is 0.399. The molecule has 0 amide bonds. The van der Waals surface area contributed by atoms with Crippen LogP contribution >= 0.6 is 11.6 Å². The van der Waals surface area contributed by atoms with Crippen LogP contribution in [0.2, 0.25) is 5.02 Å². The maximum absolute atomic E-state index is 11.1. The molecule has 1 saturated carbocycles. The van der Waals surface area contributed by atoms with Crippen molar-refractivity contribution >= 4 is 23.4 Å². The molecule has 1 aliphatic rings. The molecule has 5 heteroatoms. The molecule has 0 bridgehead atoms. The minimum absolute atomic E-state index is 0.114. The molecule has 0 unspecified atom stereocenters. The van der Waals surface area contributed by atoms with Gasteiger partial charge in [0.15, 0.2) is 0 Å². The van der Waals surface area contributed by atoms with Gasteiger partial charge in [0.25, 0.3) is 0 Å². The van der Waals surface area contributed by atoms with E-state index in [0.29, 0.717) is 11.9 Å². The first-order valence-electron chi connectivity index (χ1n) is 6.14. The zero-order valence-corrected chi connectivity index (χ0v) is 11.3. The minimum atomic E-state index is -1.02. The summed E-state index contributed by atoms with van der Waals surface area (Å²) < 4.78 is 0. The minimum Gasteiger partial charge on any atom is -0.478 e. The Kier molecular flexibility index (Phi) is 3.76. The Morgan fingerprint density at radius 1 is 1.61 bits per heavy atom. The summed E-state index contributed by atoms with van der Waals surface area (Å²) in [5.41, 5.74) is 0.114. The van der Waals surface area contributed by atoms with Crippen LogP contribution in [0.25, 0.3) is 0 Å². The number of hydrogen-bond acceptors (Lipinski definition) is 3. The number of nitrogens with zero attached hydrogens (tertiary/aromatic N) is 2. The van der Waals surface area contributed by atoms with Gasteiger partial charge in [-0.2, -0.15) is 0 Å². The first-order chi connectivity index (χ1) is 8.49. The molecule has 0 saturated heterocycles. The summed E-state index contributed by atoms with van der Waals surface area (Å²) in [6.07, 6.45) is 3.92. The van der Waals surface area contributed by atoms with Crippen LogP contribution in [0.5, 0.6) is 0 Å². The summed E-state index contributed by atoms with van der Waals surface area (Å²) in [4.78, 5) is 17.5. The molecule has 0 aliphatic heterocycles. The van der Waals surface area contributed by atoms with Gasteiger partial charge >= 0.3 is 5.97 Å². The van der Waals surface area contributed by atoms with E-state index in [-0.39, 0.29) is 10.6 Å². The first-order valence-corrected chi connectivity index (χ1v) is 6.52. The van der Waals surface area contributed by atoms with Crippen molar-refractivity contribution in [2.24, 2.45) is 5.92 Å². The van der Waals surface area contributed by atoms with Crippen molar-refractivity contribution in [3.63, 3.8) is 0 Å². The van der Waals surface area contributed by atoms with Crippen LogP contribution in [0.15, 0.2) is 12.3 Å². The number of aromatic carboxylic acids is 1. The van der Waals surface area contributed by atoms with Gasteiger partial charge in [-0.3, -0.25) is 0 Å². The second kappa shape index (κ2) is 5.14. The lowest BCUT2D eigenvalue weighted by atomic mass is 10.2. The van der Waals surface area contributed by atoms with Crippen LogP contribution in [-0.4, -0.2) is 28.6 Å². The Balaban J connectivity index is 2.28. The highest BCUT2D eigenvalue weighted by atomic mass is 35.5. The Morgan fingerprint density at radius 2 is 2.28 bits per heavy atom. The lowest BCUT2D eigenvalue weighted by Gasteiger charge is -2.28. The number of carboxylic acids is 1. The van der Waals surface area contributed by atoms with Gasteiger partial charge in [-0.25, -0.2) is 9.78 Å². The van der Waals surface area contributed by atoms with Gasteiger partial charge in [0, 0.05) is 18.8 Å². The third-order valence-corrected chi connectivity index (χ3v) is 3.44. The smallest absolute Gasteiger partial charge is 0.337 e. The van der Waals surface area contributed by atoms with Gasteiger partial charge in [0.1, 0.15) is 5.82 Å². The highest BCUT2D eigenvalue weighted by Crippen LogP contribution is 2.32. The molecule has 1 heterocycles. The summed E-state index contributed by atoms with van der Waals surface area (Å²) >= 11 is 5.83. The van der Waals surface area contributed by atoms with Gasteiger partial charge in [0.05, 0.1) is 10.6 Å². The van der Waals surface area contributed by atoms with E-state index in [1.807, 2.05) is 0 Å². The average Bonchev–Trinajstić information content (AvgIpc) is 3.10. The molecule has 4 nitrogen and oxygen atoms in total. The van der Waals surface area contributed by atoms with Gasteiger partial charge in [-0.15, -0.1) is 0 Å². The fourth-order valence-electron chi connectivity index (χ4n) is 1.90. The van der Waals surface area contributed by atoms with E-state index in [1.165, 1.54) is 19.0 Å². The van der Waals surface area contributed by atoms with Crippen LogP contribution < -0.4 is 4.90 Å². The van der Waals surface area contributed by atoms with Crippen molar-refractivity contribution in [1.82, 2.24) is 4.98 Å². The van der Waals surface area contributed by atoms with E-state index in [1.54, 1.807) is 6.07 Å². The zero-order chi connectivity index (χ0) is 13.3. The van der Waals surface area contributed by atoms with E-state index in [2.05, 4.69) is 23.7 Å². The molecular formula is C13H17ClN2O2. The standard InChI is InChI=1S/C13H17ClN2O2/c1-8(2)16(7-9-3-4-9)12-5-10(13(17)18)11(14)6-15-12/h5-6,8-9H,3-4,7H2,1-2H3,(H,17,18). The van der Waals surface area contributed by atoms with Crippen molar-refractivity contribution in [2.75, 3.05) is 11.4 Å². The fraction of sp³-hybridized carbons (Fsp3) is 0.538. The van der Waals surface area contributed by atoms with E-state index < -0.39 is 5.97 Å². The molecule has 0 atom stereocenters. The molecule has 98 valence electrons. The van der Waals surface area contributed by atoms with E-state index in [0.717, 1.165) is 12.5 Å². The van der Waals surface area contributed by atoms with Crippen molar-refractivity contribution in [2.45, 2.75) is 32.7 Å². The number of halogens is 1. The van der Waals surface area contributed by atoms with Gasteiger partial charge in [0.2, 0.25) is 0 Å². The normalized spacial score (nSPS) is 14.9. The lowest BCUT2D eigenvalue weighted by molar-refractivity contribution is 0.0697. The average molecular weight is 269 g/mol. The van der Waals surface area contributed by atoms with Crippen LogP contribution in [-0.2, 0) is 0 Å². The van der Waals surface area contributed by atoms with Crippen LogP contribution in [0.1, 0.15) is 37.0 Å². The Labute approximate surface area is 112 Å². The molecule has 1 aliphatic carbocycles. The predicted molar refractivity (Wildman–Crippen MR) is 71.4 cm³/mol. The summed E-state index contributed by atoms with van der Waals surface area (Å²) in [6, 6.07) is 1.86. The predicted octanol–water partition coefficient (Wildman–Crippen LogP) is 3.06. The third kappa shape index (κ3) is 2.93. The SMILES string of the molecule is CC(C)N(CC1CC1)c1cc(C(=O)O)c(Cl)cn1. The lowest BCUT2D eigenvalue weighted by Crippen LogP contribution is -2.33. The second-order valence-electron chi connectivity index (χ2n) is 5.02. The Morgan fingerprint density at radius 3 is 2.78 bits per heavy atom. The van der Waals surface area contributed by atoms with Crippen LogP contribution in [0, 0.1) is 5.92 Å². The number of carboxylic acid groups (broad SMARTS) is 1. The Bertz CT molecular complexity index is 458. The van der Waals surface area contributed by atoms with Gasteiger partial charge < -0.3 is 10.0 Å². The van der Waals surface area contributed by atoms with Crippen molar-refractivity contribution < 1.29 is 9.90 Å². The molecule has 1 fully saturated rings. The van der Waals surface area contributed by atoms with E-state index in [9.17, 15) is 4.79 Å². The monoisotopic (exact) mass is 268 g/mol. The van der Waals surface area contributed by atoms with Gasteiger partial charge in [-0.1, -0.05) is 11.6 Å². The maximum atomic E-state index is 11.1. The highest BCUT2D eigenvalue weighted by molar-refractivity contribution is 6.33. The summed E-state index contributed by atoms with van der Waals surface area (Å²) in [6.45, 7) is 5.10. The summed E-state index contributed by atoms with van der Waals surface area (Å²) in [7, 11) is 0. The number of hydrogen-bond donors (Lipinski definition) is 1. The first kappa shape index (κ1) is 13.1. The molecule has 1 N–H and O–H groups in total. The molecule has 18 heavy (non-hydrogen) atoms. The number of pyridine rings is 1. The molecule has 0 radical (unpaired) electrons. The maximum Gasteiger partial charge on any atom is 0.337 e.